The molecule has 19 heavy (non-hydrogen) atoms. The van der Waals surface area contributed by atoms with Gasteiger partial charge in [0.1, 0.15) is 6.54 Å². The van der Waals surface area contributed by atoms with E-state index in [0.717, 1.165) is 0 Å². The smallest absolute Gasteiger partial charge is 0.323 e. The van der Waals surface area contributed by atoms with Gasteiger partial charge in [-0.3, -0.25) is 9.59 Å². The molecule has 0 atom stereocenters. The number of nitrogens with zero attached hydrogens (tertiary/aromatic N) is 2. The van der Waals surface area contributed by atoms with Gasteiger partial charge in [0.25, 0.3) is 0 Å². The summed E-state index contributed by atoms with van der Waals surface area (Å²) >= 11 is 5.81. The first kappa shape index (κ1) is 15.5. The molecule has 0 aliphatic rings. The van der Waals surface area contributed by atoms with Crippen molar-refractivity contribution >= 4 is 23.5 Å². The highest BCUT2D eigenvalue weighted by Crippen LogP contribution is 2.20. The van der Waals surface area contributed by atoms with Crippen LogP contribution in [0, 0.1) is 6.92 Å². The van der Waals surface area contributed by atoms with Crippen molar-refractivity contribution in [3.05, 3.63) is 16.5 Å². The predicted molar refractivity (Wildman–Crippen MR) is 69.1 cm³/mol. The van der Waals surface area contributed by atoms with Crippen LogP contribution in [-0.2, 0) is 16.0 Å². The molecule has 0 aliphatic heterocycles. The summed E-state index contributed by atoms with van der Waals surface area (Å²) in [5.41, 5.74) is 1.35. The summed E-state index contributed by atoms with van der Waals surface area (Å²) < 4.78 is 4.80. The van der Waals surface area contributed by atoms with Crippen molar-refractivity contribution < 1.29 is 19.2 Å². The molecule has 0 aliphatic carbocycles. The van der Waals surface area contributed by atoms with Gasteiger partial charge in [-0.2, -0.15) is 0 Å². The highest BCUT2D eigenvalue weighted by atomic mass is 35.5. The monoisotopic (exact) mass is 288 g/mol. The minimum absolute atomic E-state index is 0.186. The zero-order valence-corrected chi connectivity index (χ0v) is 11.7. The van der Waals surface area contributed by atoms with E-state index in [1.54, 1.807) is 6.92 Å². The van der Waals surface area contributed by atoms with E-state index in [4.69, 9.17) is 21.2 Å². The first-order valence-electron chi connectivity index (χ1n) is 6.05. The molecule has 7 heteroatoms. The minimum Gasteiger partial charge on any atom is -0.480 e. The third kappa shape index (κ3) is 4.55. The lowest BCUT2D eigenvalue weighted by Gasteiger charge is -2.19. The van der Waals surface area contributed by atoms with Crippen LogP contribution in [-0.4, -0.2) is 40.1 Å². The van der Waals surface area contributed by atoms with E-state index in [1.807, 2.05) is 6.92 Å². The molecule has 1 amide bonds. The molecular formula is C12H17ClN2O4. The van der Waals surface area contributed by atoms with E-state index in [-0.39, 0.29) is 24.1 Å². The summed E-state index contributed by atoms with van der Waals surface area (Å²) in [5.74, 6) is -1.22. The summed E-state index contributed by atoms with van der Waals surface area (Å²) in [7, 11) is 0. The summed E-state index contributed by atoms with van der Waals surface area (Å²) in [6.07, 6.45) is 1.30. The molecule has 106 valence electrons. The van der Waals surface area contributed by atoms with Crippen LogP contribution < -0.4 is 0 Å². The van der Waals surface area contributed by atoms with Crippen LogP contribution in [0.25, 0.3) is 0 Å². The van der Waals surface area contributed by atoms with E-state index >= 15 is 0 Å². The third-order valence-corrected chi connectivity index (χ3v) is 3.00. The maximum atomic E-state index is 12.0. The Labute approximate surface area is 116 Å². The van der Waals surface area contributed by atoms with E-state index < -0.39 is 5.97 Å². The maximum Gasteiger partial charge on any atom is 0.323 e. The second-order valence-electron chi connectivity index (χ2n) is 4.23. The Hall–Kier alpha value is -1.56. The molecule has 1 aromatic heterocycles. The molecule has 6 nitrogen and oxygen atoms in total. The zero-order chi connectivity index (χ0) is 14.4. The van der Waals surface area contributed by atoms with Crippen molar-refractivity contribution in [1.29, 1.82) is 0 Å². The fraction of sp³-hybridized carbons (Fsp3) is 0.583. The second kappa shape index (κ2) is 7.13. The number of hydrogen-bond acceptors (Lipinski definition) is 4. The standard InChI is InChI=1S/C12H17ClN2O4/c1-3-6-15(7-11(17)18)10(16)5-4-9-8(2)14-19-12(9)13/h3-7H2,1-2H3,(H,17,18). The molecule has 0 unspecified atom stereocenters. The number of halogens is 1. The third-order valence-electron chi connectivity index (χ3n) is 2.70. The van der Waals surface area contributed by atoms with Crippen molar-refractivity contribution in [3.8, 4) is 0 Å². The highest BCUT2D eigenvalue weighted by Gasteiger charge is 2.18. The van der Waals surface area contributed by atoms with E-state index in [0.29, 0.717) is 30.6 Å². The quantitative estimate of drug-likeness (QED) is 0.828. The van der Waals surface area contributed by atoms with Gasteiger partial charge in [0.2, 0.25) is 11.1 Å². The summed E-state index contributed by atoms with van der Waals surface area (Å²) in [4.78, 5) is 24.0. The van der Waals surface area contributed by atoms with E-state index in [9.17, 15) is 9.59 Å². The Bertz CT molecular complexity index is 439. The van der Waals surface area contributed by atoms with Crippen molar-refractivity contribution in [2.45, 2.75) is 33.1 Å². The van der Waals surface area contributed by atoms with Gasteiger partial charge in [0.15, 0.2) is 0 Å². The van der Waals surface area contributed by atoms with Crippen LogP contribution in [0.15, 0.2) is 4.52 Å². The number of hydrogen-bond donors (Lipinski definition) is 1. The maximum absolute atomic E-state index is 12.0. The fourth-order valence-electron chi connectivity index (χ4n) is 1.76. The molecule has 0 saturated carbocycles. The molecule has 0 fully saturated rings. The first-order valence-corrected chi connectivity index (χ1v) is 6.43. The molecule has 0 saturated heterocycles. The lowest BCUT2D eigenvalue weighted by Crippen LogP contribution is -2.36. The van der Waals surface area contributed by atoms with Gasteiger partial charge < -0.3 is 14.5 Å². The molecule has 1 aromatic rings. The number of carbonyl (C=O) groups excluding carboxylic acids is 1. The number of rotatable bonds is 7. The van der Waals surface area contributed by atoms with Crippen LogP contribution in [0.1, 0.15) is 31.0 Å². The molecule has 0 spiro atoms. The fourth-order valence-corrected chi connectivity index (χ4v) is 2.02. The van der Waals surface area contributed by atoms with Gasteiger partial charge in [0, 0.05) is 18.5 Å². The van der Waals surface area contributed by atoms with Crippen LogP contribution in [0.4, 0.5) is 0 Å². The average molecular weight is 289 g/mol. The molecular weight excluding hydrogens is 272 g/mol. The molecule has 0 aromatic carbocycles. The molecule has 1 heterocycles. The van der Waals surface area contributed by atoms with Crippen LogP contribution in [0.2, 0.25) is 5.22 Å². The zero-order valence-electron chi connectivity index (χ0n) is 11.0. The van der Waals surface area contributed by atoms with Crippen LogP contribution in [0.3, 0.4) is 0 Å². The lowest BCUT2D eigenvalue weighted by atomic mass is 10.1. The van der Waals surface area contributed by atoms with Crippen LogP contribution in [0.5, 0.6) is 0 Å². The van der Waals surface area contributed by atoms with Crippen molar-refractivity contribution in [3.63, 3.8) is 0 Å². The van der Waals surface area contributed by atoms with Gasteiger partial charge in [-0.25, -0.2) is 0 Å². The number of aryl methyl sites for hydroxylation is 1. The highest BCUT2D eigenvalue weighted by molar-refractivity contribution is 6.29. The normalized spacial score (nSPS) is 10.5. The number of carboxylic acid groups (broad SMARTS) is 1. The van der Waals surface area contributed by atoms with Gasteiger partial charge in [-0.05, 0) is 31.4 Å². The predicted octanol–water partition coefficient (Wildman–Crippen LogP) is 1.89. The number of aliphatic carboxylic acids is 1. The van der Waals surface area contributed by atoms with E-state index in [1.165, 1.54) is 4.90 Å². The van der Waals surface area contributed by atoms with Crippen LogP contribution >= 0.6 is 11.6 Å². The number of aromatic nitrogens is 1. The van der Waals surface area contributed by atoms with Gasteiger partial charge >= 0.3 is 5.97 Å². The molecule has 1 N–H and O–H groups in total. The Balaban J connectivity index is 2.59. The second-order valence-corrected chi connectivity index (χ2v) is 4.57. The Kier molecular flexibility index (Phi) is 5.82. The van der Waals surface area contributed by atoms with Gasteiger partial charge in [-0.1, -0.05) is 12.1 Å². The number of carboxylic acids is 1. The Morgan fingerprint density at radius 1 is 1.47 bits per heavy atom. The number of amides is 1. The minimum atomic E-state index is -1.01. The largest absolute Gasteiger partial charge is 0.480 e. The molecule has 1 rings (SSSR count). The summed E-state index contributed by atoms with van der Waals surface area (Å²) in [6, 6.07) is 0. The van der Waals surface area contributed by atoms with Crippen molar-refractivity contribution in [2.75, 3.05) is 13.1 Å². The number of carbonyl (C=O) groups is 2. The van der Waals surface area contributed by atoms with E-state index in [2.05, 4.69) is 5.16 Å². The van der Waals surface area contributed by atoms with Gasteiger partial charge in [-0.15, -0.1) is 0 Å². The lowest BCUT2D eigenvalue weighted by molar-refractivity contribution is -0.144. The topological polar surface area (TPSA) is 83.6 Å². The molecule has 0 bridgehead atoms. The average Bonchev–Trinajstić information content (AvgIpc) is 2.65. The summed E-state index contributed by atoms with van der Waals surface area (Å²) in [5, 5.41) is 12.6. The Morgan fingerprint density at radius 2 is 2.16 bits per heavy atom. The SMILES string of the molecule is CCCN(CC(=O)O)C(=O)CCc1c(C)noc1Cl. The first-order chi connectivity index (χ1) is 8.95. The molecule has 0 radical (unpaired) electrons. The summed E-state index contributed by atoms with van der Waals surface area (Å²) in [6.45, 7) is 3.80. The van der Waals surface area contributed by atoms with Crippen molar-refractivity contribution in [1.82, 2.24) is 10.1 Å². The van der Waals surface area contributed by atoms with Gasteiger partial charge in [0.05, 0.1) is 5.69 Å². The van der Waals surface area contributed by atoms with Crippen molar-refractivity contribution in [2.24, 2.45) is 0 Å². The Morgan fingerprint density at radius 3 is 2.63 bits per heavy atom.